The van der Waals surface area contributed by atoms with Gasteiger partial charge < -0.3 is 20.2 Å². The number of hydrogen-bond donors (Lipinski definition) is 2. The van der Waals surface area contributed by atoms with Gasteiger partial charge in [0.1, 0.15) is 0 Å². The van der Waals surface area contributed by atoms with E-state index in [2.05, 4.69) is 10.2 Å². The minimum absolute atomic E-state index is 0.0974. The predicted molar refractivity (Wildman–Crippen MR) is 98.5 cm³/mol. The second-order valence-electron chi connectivity index (χ2n) is 9.05. The molecule has 0 aromatic heterocycles. The van der Waals surface area contributed by atoms with Gasteiger partial charge in [0, 0.05) is 25.2 Å². The van der Waals surface area contributed by atoms with Crippen LogP contribution in [0.3, 0.4) is 0 Å². The maximum absolute atomic E-state index is 12.6. The largest absolute Gasteiger partial charge is 0.393 e. The molecular formula is C20H35N3O2. The molecule has 4 rings (SSSR count). The lowest BCUT2D eigenvalue weighted by Crippen LogP contribution is -2.53. The van der Waals surface area contributed by atoms with Crippen LogP contribution >= 0.6 is 0 Å². The monoisotopic (exact) mass is 349 g/mol. The van der Waals surface area contributed by atoms with Crippen molar-refractivity contribution >= 4 is 6.03 Å². The fraction of sp³-hybridized carbons (Fsp3) is 0.950. The molecule has 0 aromatic rings. The number of rotatable bonds is 3. The number of urea groups is 1. The molecule has 2 amide bonds. The quantitative estimate of drug-likeness (QED) is 0.824. The Labute approximate surface area is 152 Å². The van der Waals surface area contributed by atoms with Crippen molar-refractivity contribution in [3.63, 3.8) is 0 Å². The van der Waals surface area contributed by atoms with Crippen molar-refractivity contribution in [1.29, 1.82) is 0 Å². The summed E-state index contributed by atoms with van der Waals surface area (Å²) in [7, 11) is 0. The molecule has 142 valence electrons. The first-order chi connectivity index (χ1) is 12.2. The van der Waals surface area contributed by atoms with Gasteiger partial charge in [0.25, 0.3) is 0 Å². The first-order valence-electron chi connectivity index (χ1n) is 10.6. The highest BCUT2D eigenvalue weighted by Crippen LogP contribution is 2.44. The Balaban J connectivity index is 1.18. The molecule has 2 atom stereocenters. The Kier molecular flexibility index (Phi) is 5.23. The zero-order valence-corrected chi connectivity index (χ0v) is 15.6. The number of hydrogen-bond acceptors (Lipinski definition) is 3. The number of likely N-dealkylation sites (tertiary alicyclic amines) is 1. The summed E-state index contributed by atoms with van der Waals surface area (Å²) in [5.41, 5.74) is 0.659. The molecule has 3 saturated heterocycles. The second kappa shape index (κ2) is 7.43. The lowest BCUT2D eigenvalue weighted by molar-refractivity contribution is 0.0526. The molecule has 2 bridgehead atoms. The molecule has 2 N–H and O–H groups in total. The number of aliphatic hydroxyl groups excluding tert-OH is 1. The van der Waals surface area contributed by atoms with Gasteiger partial charge in [-0.3, -0.25) is 0 Å². The van der Waals surface area contributed by atoms with Gasteiger partial charge in [-0.1, -0.05) is 19.3 Å². The van der Waals surface area contributed by atoms with Crippen LogP contribution in [0.1, 0.15) is 70.6 Å². The molecule has 1 spiro atoms. The smallest absolute Gasteiger partial charge is 0.317 e. The van der Waals surface area contributed by atoms with E-state index in [-0.39, 0.29) is 24.2 Å². The molecular weight excluding hydrogens is 314 g/mol. The summed E-state index contributed by atoms with van der Waals surface area (Å²) in [6, 6.07) is 0.616. The average Bonchev–Trinajstić information content (AvgIpc) is 2.89. The maximum Gasteiger partial charge on any atom is 0.317 e. The van der Waals surface area contributed by atoms with E-state index in [4.69, 9.17) is 0 Å². The third kappa shape index (κ3) is 3.82. The third-order valence-electron chi connectivity index (χ3n) is 7.48. The maximum atomic E-state index is 12.6. The topological polar surface area (TPSA) is 55.8 Å². The van der Waals surface area contributed by atoms with E-state index in [0.717, 1.165) is 38.8 Å². The normalized spacial score (nSPS) is 35.1. The van der Waals surface area contributed by atoms with Crippen molar-refractivity contribution in [3.05, 3.63) is 0 Å². The summed E-state index contributed by atoms with van der Waals surface area (Å²) >= 11 is 0. The van der Waals surface area contributed by atoms with Gasteiger partial charge in [-0.25, -0.2) is 4.79 Å². The molecule has 5 nitrogen and oxygen atoms in total. The average molecular weight is 350 g/mol. The van der Waals surface area contributed by atoms with Crippen LogP contribution in [0.25, 0.3) is 0 Å². The van der Waals surface area contributed by atoms with Crippen molar-refractivity contribution in [1.82, 2.24) is 15.1 Å². The van der Waals surface area contributed by atoms with Crippen LogP contribution in [0.2, 0.25) is 0 Å². The zero-order valence-electron chi connectivity index (χ0n) is 15.6. The lowest BCUT2D eigenvalue weighted by Gasteiger charge is -2.44. The van der Waals surface area contributed by atoms with Crippen LogP contribution in [0.4, 0.5) is 4.79 Å². The predicted octanol–water partition coefficient (Wildman–Crippen LogP) is 2.73. The van der Waals surface area contributed by atoms with Crippen LogP contribution in [0.5, 0.6) is 0 Å². The molecule has 4 fully saturated rings. The van der Waals surface area contributed by atoms with E-state index in [1.165, 1.54) is 58.0 Å². The summed E-state index contributed by atoms with van der Waals surface area (Å²) in [5, 5.41) is 13.0. The van der Waals surface area contributed by atoms with E-state index >= 15 is 0 Å². The SMILES string of the molecule is O=C(NCCN1CCC2(CCCCC2)CC1)N1C2CCC1CC(O)C2. The van der Waals surface area contributed by atoms with Gasteiger partial charge >= 0.3 is 6.03 Å². The number of fused-ring (bicyclic) bond motifs is 2. The Bertz CT molecular complexity index is 454. The molecule has 2 unspecified atom stereocenters. The Morgan fingerprint density at radius 1 is 1.00 bits per heavy atom. The Hall–Kier alpha value is -0.810. The minimum atomic E-state index is -0.206. The van der Waals surface area contributed by atoms with Gasteiger partial charge in [-0.05, 0) is 69.9 Å². The number of aliphatic hydroxyl groups is 1. The van der Waals surface area contributed by atoms with E-state index in [0.29, 0.717) is 5.41 Å². The fourth-order valence-electron chi connectivity index (χ4n) is 5.94. The van der Waals surface area contributed by atoms with E-state index in [9.17, 15) is 9.90 Å². The number of nitrogens with zero attached hydrogens (tertiary/aromatic N) is 2. The van der Waals surface area contributed by atoms with Crippen molar-refractivity contribution in [3.8, 4) is 0 Å². The Morgan fingerprint density at radius 3 is 2.28 bits per heavy atom. The second-order valence-corrected chi connectivity index (χ2v) is 9.05. The van der Waals surface area contributed by atoms with Crippen molar-refractivity contribution < 1.29 is 9.90 Å². The lowest BCUT2D eigenvalue weighted by atomic mass is 9.68. The van der Waals surface area contributed by atoms with Gasteiger partial charge in [-0.2, -0.15) is 0 Å². The molecule has 0 radical (unpaired) electrons. The number of carbonyl (C=O) groups excluding carboxylic acids is 1. The van der Waals surface area contributed by atoms with E-state index < -0.39 is 0 Å². The first-order valence-corrected chi connectivity index (χ1v) is 10.6. The molecule has 25 heavy (non-hydrogen) atoms. The van der Waals surface area contributed by atoms with Crippen LogP contribution in [-0.4, -0.2) is 65.3 Å². The highest BCUT2D eigenvalue weighted by Gasteiger charge is 2.42. The number of nitrogens with one attached hydrogen (secondary N) is 1. The molecule has 1 saturated carbocycles. The molecule has 4 aliphatic rings. The van der Waals surface area contributed by atoms with Crippen LogP contribution in [0.15, 0.2) is 0 Å². The summed E-state index contributed by atoms with van der Waals surface area (Å²) in [6.45, 7) is 4.14. The molecule has 0 aromatic carbocycles. The molecule has 3 heterocycles. The van der Waals surface area contributed by atoms with Gasteiger partial charge in [0.05, 0.1) is 6.10 Å². The summed E-state index contributed by atoms with van der Waals surface area (Å²) in [4.78, 5) is 17.1. The number of piperidine rings is 2. The van der Waals surface area contributed by atoms with Crippen molar-refractivity contribution in [2.45, 2.75) is 88.8 Å². The van der Waals surface area contributed by atoms with Gasteiger partial charge in [0.15, 0.2) is 0 Å². The Morgan fingerprint density at radius 2 is 1.64 bits per heavy atom. The standard InChI is InChI=1S/C20H35N3O2/c24-18-14-16-4-5-17(15-18)23(16)19(25)21-10-13-22-11-8-20(9-12-22)6-2-1-3-7-20/h16-18,24H,1-15H2,(H,21,25). The van der Waals surface area contributed by atoms with Gasteiger partial charge in [0.2, 0.25) is 0 Å². The molecule has 1 aliphatic carbocycles. The fourth-order valence-corrected chi connectivity index (χ4v) is 5.94. The number of amides is 2. The van der Waals surface area contributed by atoms with E-state index in [1.807, 2.05) is 4.90 Å². The van der Waals surface area contributed by atoms with Crippen molar-refractivity contribution in [2.75, 3.05) is 26.2 Å². The highest BCUT2D eigenvalue weighted by atomic mass is 16.3. The summed E-state index contributed by atoms with van der Waals surface area (Å²) in [6.07, 6.45) is 13.3. The third-order valence-corrected chi connectivity index (χ3v) is 7.48. The van der Waals surface area contributed by atoms with Crippen LogP contribution in [0, 0.1) is 5.41 Å². The highest BCUT2D eigenvalue weighted by molar-refractivity contribution is 5.75. The zero-order chi connectivity index (χ0) is 17.3. The van der Waals surface area contributed by atoms with Crippen LogP contribution < -0.4 is 5.32 Å². The molecule has 5 heteroatoms. The van der Waals surface area contributed by atoms with Crippen molar-refractivity contribution in [2.24, 2.45) is 5.41 Å². The van der Waals surface area contributed by atoms with E-state index in [1.54, 1.807) is 0 Å². The summed E-state index contributed by atoms with van der Waals surface area (Å²) in [5.74, 6) is 0. The van der Waals surface area contributed by atoms with Gasteiger partial charge in [-0.15, -0.1) is 0 Å². The summed E-state index contributed by atoms with van der Waals surface area (Å²) < 4.78 is 0. The number of carbonyl (C=O) groups is 1. The first kappa shape index (κ1) is 17.6. The van der Waals surface area contributed by atoms with Crippen LogP contribution in [-0.2, 0) is 0 Å². The molecule has 3 aliphatic heterocycles. The minimum Gasteiger partial charge on any atom is -0.393 e.